The van der Waals surface area contributed by atoms with Crippen LogP contribution < -0.4 is 5.73 Å². The van der Waals surface area contributed by atoms with Gasteiger partial charge in [-0.3, -0.25) is 0 Å². The predicted octanol–water partition coefficient (Wildman–Crippen LogP) is 2.94. The van der Waals surface area contributed by atoms with Crippen LogP contribution in [0.2, 0.25) is 0 Å². The maximum Gasteiger partial charge on any atom is 0.391 e. The molecule has 0 aromatic rings. The fourth-order valence-corrected chi connectivity index (χ4v) is 3.51. The lowest BCUT2D eigenvalue weighted by molar-refractivity contribution is -0.184. The zero-order valence-electron chi connectivity index (χ0n) is 12.6. The van der Waals surface area contributed by atoms with Crippen LogP contribution in [0.4, 0.5) is 13.2 Å². The zero-order valence-corrected chi connectivity index (χ0v) is 12.6. The van der Waals surface area contributed by atoms with Gasteiger partial charge < -0.3 is 15.4 Å². The van der Waals surface area contributed by atoms with Gasteiger partial charge in [-0.25, -0.2) is 0 Å². The number of ether oxygens (including phenoxy) is 1. The Kier molecular flexibility index (Phi) is 6.32. The van der Waals surface area contributed by atoms with Gasteiger partial charge in [-0.05, 0) is 51.5 Å². The topological polar surface area (TPSA) is 38.5 Å². The van der Waals surface area contributed by atoms with Gasteiger partial charge in [0.1, 0.15) is 0 Å². The van der Waals surface area contributed by atoms with E-state index in [-0.39, 0.29) is 0 Å². The molecule has 21 heavy (non-hydrogen) atoms. The maximum atomic E-state index is 12.7. The average Bonchev–Trinajstić information content (AvgIpc) is 2.48. The number of halogens is 3. The number of likely N-dealkylation sites (tertiary alicyclic amines) is 1. The molecule has 1 heterocycles. The monoisotopic (exact) mass is 308 g/mol. The first-order valence-electron chi connectivity index (χ1n) is 8.13. The minimum Gasteiger partial charge on any atom is -0.378 e. The molecule has 0 spiro atoms. The standard InChI is InChI=1S/C15H27F3N2O/c16-15(17,18)12-2-4-13(5-3-12)20-9-6-14(7-10-20)21-11-1-8-19/h12-14H,1-11,19H2. The van der Waals surface area contributed by atoms with E-state index < -0.39 is 12.1 Å². The Morgan fingerprint density at radius 2 is 1.62 bits per heavy atom. The smallest absolute Gasteiger partial charge is 0.378 e. The number of hydrogen-bond donors (Lipinski definition) is 1. The van der Waals surface area contributed by atoms with Gasteiger partial charge in [-0.1, -0.05) is 0 Å². The van der Waals surface area contributed by atoms with Crippen LogP contribution in [0.15, 0.2) is 0 Å². The van der Waals surface area contributed by atoms with Gasteiger partial charge in [0.2, 0.25) is 0 Å². The van der Waals surface area contributed by atoms with Crippen LogP contribution in [0.5, 0.6) is 0 Å². The Morgan fingerprint density at radius 1 is 1.00 bits per heavy atom. The van der Waals surface area contributed by atoms with E-state index in [1.54, 1.807) is 0 Å². The molecule has 1 aliphatic carbocycles. The van der Waals surface area contributed by atoms with Crippen LogP contribution in [0.3, 0.4) is 0 Å². The van der Waals surface area contributed by atoms with Gasteiger partial charge in [-0.15, -0.1) is 0 Å². The summed E-state index contributed by atoms with van der Waals surface area (Å²) in [5.74, 6) is -1.08. The molecule has 0 atom stereocenters. The third-order valence-electron chi connectivity index (χ3n) is 4.85. The second-order valence-electron chi connectivity index (χ2n) is 6.30. The summed E-state index contributed by atoms with van der Waals surface area (Å²) in [4.78, 5) is 2.37. The Balaban J connectivity index is 1.67. The summed E-state index contributed by atoms with van der Waals surface area (Å²) in [6.45, 7) is 3.28. The van der Waals surface area contributed by atoms with Crippen molar-refractivity contribution in [2.24, 2.45) is 11.7 Å². The first-order valence-corrected chi connectivity index (χ1v) is 8.13. The molecular formula is C15H27F3N2O. The molecule has 2 fully saturated rings. The van der Waals surface area contributed by atoms with Crippen molar-refractivity contribution in [2.75, 3.05) is 26.2 Å². The zero-order chi connectivity index (χ0) is 15.3. The summed E-state index contributed by atoms with van der Waals surface area (Å²) in [7, 11) is 0. The lowest BCUT2D eigenvalue weighted by Gasteiger charge is -2.41. The molecule has 1 saturated heterocycles. The molecule has 2 N–H and O–H groups in total. The SMILES string of the molecule is NCCCOC1CCN(C2CCC(C(F)(F)F)CC2)CC1. The van der Waals surface area contributed by atoms with Gasteiger partial charge in [0.15, 0.2) is 0 Å². The molecule has 124 valence electrons. The minimum absolute atomic E-state index is 0.293. The van der Waals surface area contributed by atoms with Crippen LogP contribution in [0.1, 0.15) is 44.9 Å². The van der Waals surface area contributed by atoms with E-state index in [9.17, 15) is 13.2 Å². The molecule has 0 aromatic carbocycles. The number of nitrogens with two attached hydrogens (primary N) is 1. The highest BCUT2D eigenvalue weighted by molar-refractivity contribution is 4.85. The first-order chi connectivity index (χ1) is 10.0. The van der Waals surface area contributed by atoms with Crippen molar-refractivity contribution in [3.05, 3.63) is 0 Å². The van der Waals surface area contributed by atoms with Gasteiger partial charge in [0.05, 0.1) is 12.0 Å². The molecule has 3 nitrogen and oxygen atoms in total. The third-order valence-corrected chi connectivity index (χ3v) is 4.85. The fourth-order valence-electron chi connectivity index (χ4n) is 3.51. The summed E-state index contributed by atoms with van der Waals surface area (Å²) in [5.41, 5.74) is 5.44. The molecule has 0 amide bonds. The maximum absolute atomic E-state index is 12.7. The molecule has 0 bridgehead atoms. The van der Waals surface area contributed by atoms with E-state index in [4.69, 9.17) is 10.5 Å². The second-order valence-corrected chi connectivity index (χ2v) is 6.30. The summed E-state index contributed by atoms with van der Waals surface area (Å²) < 4.78 is 43.8. The summed E-state index contributed by atoms with van der Waals surface area (Å²) >= 11 is 0. The summed E-state index contributed by atoms with van der Waals surface area (Å²) in [6.07, 6.45) is 1.12. The van der Waals surface area contributed by atoms with Crippen molar-refractivity contribution in [2.45, 2.75) is 63.3 Å². The quantitative estimate of drug-likeness (QED) is 0.794. The molecule has 1 aliphatic heterocycles. The minimum atomic E-state index is -4.01. The lowest BCUT2D eigenvalue weighted by Crippen LogP contribution is -2.45. The van der Waals surface area contributed by atoms with E-state index in [2.05, 4.69) is 4.90 Å². The van der Waals surface area contributed by atoms with E-state index in [1.807, 2.05) is 0 Å². The molecule has 2 rings (SSSR count). The molecule has 2 aliphatic rings. The van der Waals surface area contributed by atoms with Crippen LogP contribution >= 0.6 is 0 Å². The van der Waals surface area contributed by atoms with E-state index in [0.29, 0.717) is 44.4 Å². The number of alkyl halides is 3. The number of nitrogens with zero attached hydrogens (tertiary/aromatic N) is 1. The lowest BCUT2D eigenvalue weighted by atomic mass is 9.84. The van der Waals surface area contributed by atoms with Gasteiger partial charge in [-0.2, -0.15) is 13.2 Å². The largest absolute Gasteiger partial charge is 0.391 e. The highest BCUT2D eigenvalue weighted by atomic mass is 19.4. The van der Waals surface area contributed by atoms with Crippen molar-refractivity contribution in [1.82, 2.24) is 4.90 Å². The molecule has 0 unspecified atom stereocenters. The Bertz CT molecular complexity index is 296. The van der Waals surface area contributed by atoms with Crippen molar-refractivity contribution in [1.29, 1.82) is 0 Å². The van der Waals surface area contributed by atoms with Gasteiger partial charge in [0, 0.05) is 25.7 Å². The van der Waals surface area contributed by atoms with Crippen LogP contribution in [0, 0.1) is 5.92 Å². The van der Waals surface area contributed by atoms with Gasteiger partial charge in [0.25, 0.3) is 0 Å². The fraction of sp³-hybridized carbons (Fsp3) is 1.00. The number of rotatable bonds is 5. The first kappa shape index (κ1) is 17.0. The average molecular weight is 308 g/mol. The van der Waals surface area contributed by atoms with Gasteiger partial charge >= 0.3 is 6.18 Å². The predicted molar refractivity (Wildman–Crippen MR) is 76.0 cm³/mol. The molecule has 1 saturated carbocycles. The van der Waals surface area contributed by atoms with Crippen molar-refractivity contribution < 1.29 is 17.9 Å². The molecular weight excluding hydrogens is 281 g/mol. The Hall–Kier alpha value is -0.330. The van der Waals surface area contributed by atoms with Crippen LogP contribution in [0.25, 0.3) is 0 Å². The Labute approximate surface area is 125 Å². The van der Waals surface area contributed by atoms with Crippen LogP contribution in [-0.2, 0) is 4.74 Å². The number of piperidine rings is 1. The highest BCUT2D eigenvalue weighted by Crippen LogP contribution is 2.39. The Morgan fingerprint density at radius 3 is 2.14 bits per heavy atom. The van der Waals surface area contributed by atoms with Crippen LogP contribution in [-0.4, -0.2) is 49.5 Å². The van der Waals surface area contributed by atoms with Crippen molar-refractivity contribution >= 4 is 0 Å². The summed E-state index contributed by atoms with van der Waals surface area (Å²) in [5, 5.41) is 0. The van der Waals surface area contributed by atoms with E-state index in [0.717, 1.165) is 39.0 Å². The molecule has 0 aromatic heterocycles. The second kappa shape index (κ2) is 7.79. The number of hydrogen-bond acceptors (Lipinski definition) is 3. The van der Waals surface area contributed by atoms with E-state index >= 15 is 0 Å². The third kappa shape index (κ3) is 5.11. The molecule has 0 radical (unpaired) electrons. The normalized spacial score (nSPS) is 29.7. The highest BCUT2D eigenvalue weighted by Gasteiger charge is 2.42. The summed E-state index contributed by atoms with van der Waals surface area (Å²) in [6, 6.07) is 0.341. The molecule has 6 heteroatoms. The van der Waals surface area contributed by atoms with Crippen molar-refractivity contribution in [3.63, 3.8) is 0 Å². The van der Waals surface area contributed by atoms with Crippen molar-refractivity contribution in [3.8, 4) is 0 Å². The van der Waals surface area contributed by atoms with E-state index in [1.165, 1.54) is 0 Å².